The van der Waals surface area contributed by atoms with Gasteiger partial charge in [0.2, 0.25) is 5.91 Å². The molecule has 2 rings (SSSR count). The quantitative estimate of drug-likeness (QED) is 0.626. The highest BCUT2D eigenvalue weighted by Crippen LogP contribution is 2.25. The van der Waals surface area contributed by atoms with Gasteiger partial charge in [-0.15, -0.1) is 0 Å². The summed E-state index contributed by atoms with van der Waals surface area (Å²) < 4.78 is 18.0. The van der Waals surface area contributed by atoms with E-state index < -0.39 is 12.0 Å². The molecule has 1 aliphatic rings. The maximum absolute atomic E-state index is 13.2. The molecule has 28 heavy (non-hydrogen) atoms. The standard InChI is InChI=1S/C21H32FN3O3/c1-23-18-7-5-4-6-16(18)13-25(14-20(26)28-3)21(27)19(24-2)12-15-8-10-17(22)11-9-15/h8-11,16,18-19,23-24H,4-7,12-14H2,1-3H3. The largest absolute Gasteiger partial charge is 0.468 e. The van der Waals surface area contributed by atoms with Crippen molar-refractivity contribution in [1.29, 1.82) is 0 Å². The smallest absolute Gasteiger partial charge is 0.325 e. The average Bonchev–Trinajstić information content (AvgIpc) is 2.72. The van der Waals surface area contributed by atoms with Crippen LogP contribution in [0, 0.1) is 11.7 Å². The van der Waals surface area contributed by atoms with Crippen LogP contribution in [0.1, 0.15) is 31.2 Å². The summed E-state index contributed by atoms with van der Waals surface area (Å²) in [5.41, 5.74) is 0.859. The van der Waals surface area contributed by atoms with E-state index in [-0.39, 0.29) is 18.3 Å². The maximum atomic E-state index is 13.2. The molecule has 6 nitrogen and oxygen atoms in total. The fourth-order valence-electron chi connectivity index (χ4n) is 3.93. The van der Waals surface area contributed by atoms with Gasteiger partial charge in [-0.1, -0.05) is 25.0 Å². The molecule has 3 atom stereocenters. The first-order valence-electron chi connectivity index (χ1n) is 9.93. The van der Waals surface area contributed by atoms with E-state index >= 15 is 0 Å². The van der Waals surface area contributed by atoms with E-state index in [2.05, 4.69) is 10.6 Å². The third-order valence-corrected chi connectivity index (χ3v) is 5.59. The van der Waals surface area contributed by atoms with Gasteiger partial charge in [0.25, 0.3) is 0 Å². The molecule has 1 amide bonds. The lowest BCUT2D eigenvalue weighted by Gasteiger charge is -2.36. The van der Waals surface area contributed by atoms with Crippen LogP contribution in [0.15, 0.2) is 24.3 Å². The number of rotatable bonds is 9. The second kappa shape index (κ2) is 11.1. The average molecular weight is 394 g/mol. The monoisotopic (exact) mass is 393 g/mol. The Labute approximate surface area is 166 Å². The molecule has 1 aromatic carbocycles. The zero-order valence-corrected chi connectivity index (χ0v) is 17.0. The number of nitrogens with one attached hydrogen (secondary N) is 2. The second-order valence-corrected chi connectivity index (χ2v) is 7.41. The van der Waals surface area contributed by atoms with Crippen LogP contribution in [0.4, 0.5) is 4.39 Å². The van der Waals surface area contributed by atoms with E-state index in [9.17, 15) is 14.0 Å². The molecule has 1 aliphatic carbocycles. The van der Waals surface area contributed by atoms with Gasteiger partial charge in [0.05, 0.1) is 13.2 Å². The summed E-state index contributed by atoms with van der Waals surface area (Å²) >= 11 is 0. The molecular formula is C21H32FN3O3. The third-order valence-electron chi connectivity index (χ3n) is 5.59. The zero-order valence-electron chi connectivity index (χ0n) is 17.0. The minimum atomic E-state index is -0.494. The molecule has 156 valence electrons. The molecule has 1 fully saturated rings. The topological polar surface area (TPSA) is 70.7 Å². The highest BCUT2D eigenvalue weighted by molar-refractivity contribution is 5.86. The Bertz CT molecular complexity index is 638. The Morgan fingerprint density at radius 2 is 1.89 bits per heavy atom. The summed E-state index contributed by atoms with van der Waals surface area (Å²) in [5, 5.41) is 6.40. The number of carbonyl (C=O) groups excluding carboxylic acids is 2. The van der Waals surface area contributed by atoms with Gasteiger partial charge in [0, 0.05) is 12.6 Å². The number of benzene rings is 1. The van der Waals surface area contributed by atoms with Crippen molar-refractivity contribution in [2.75, 3.05) is 34.3 Å². The molecule has 2 N–H and O–H groups in total. The third kappa shape index (κ3) is 6.27. The fraction of sp³-hybridized carbons (Fsp3) is 0.619. The second-order valence-electron chi connectivity index (χ2n) is 7.41. The number of hydrogen-bond acceptors (Lipinski definition) is 5. The highest BCUT2D eigenvalue weighted by atomic mass is 19.1. The van der Waals surface area contributed by atoms with Crippen molar-refractivity contribution >= 4 is 11.9 Å². The first kappa shape index (κ1) is 22.3. The minimum absolute atomic E-state index is 0.0656. The lowest BCUT2D eigenvalue weighted by atomic mass is 9.84. The van der Waals surface area contributed by atoms with Crippen molar-refractivity contribution in [1.82, 2.24) is 15.5 Å². The number of nitrogens with zero attached hydrogens (tertiary/aromatic N) is 1. The number of likely N-dealkylation sites (N-methyl/N-ethyl adjacent to an activating group) is 1. The number of ether oxygens (including phenoxy) is 1. The van der Waals surface area contributed by atoms with Crippen molar-refractivity contribution in [2.45, 2.75) is 44.2 Å². The number of methoxy groups -OCH3 is 1. The van der Waals surface area contributed by atoms with Gasteiger partial charge in [-0.3, -0.25) is 9.59 Å². The molecule has 0 aliphatic heterocycles. The van der Waals surface area contributed by atoms with E-state index in [4.69, 9.17) is 4.74 Å². The van der Waals surface area contributed by atoms with Gasteiger partial charge in [-0.05, 0) is 57.0 Å². The molecule has 0 aromatic heterocycles. The summed E-state index contributed by atoms with van der Waals surface area (Å²) in [6.45, 7) is 0.449. The summed E-state index contributed by atoms with van der Waals surface area (Å²) in [6.07, 6.45) is 4.84. The zero-order chi connectivity index (χ0) is 20.5. The number of amides is 1. The Kier molecular flexibility index (Phi) is 8.86. The van der Waals surface area contributed by atoms with Gasteiger partial charge in [0.1, 0.15) is 12.4 Å². The molecule has 0 radical (unpaired) electrons. The summed E-state index contributed by atoms with van der Waals surface area (Å²) in [6, 6.07) is 5.97. The summed E-state index contributed by atoms with van der Waals surface area (Å²) in [5.74, 6) is -0.575. The predicted octanol–water partition coefficient (Wildman–Crippen LogP) is 1.74. The number of halogens is 1. The van der Waals surface area contributed by atoms with Gasteiger partial charge >= 0.3 is 5.97 Å². The number of carbonyl (C=O) groups is 2. The van der Waals surface area contributed by atoms with Crippen molar-refractivity contribution in [3.05, 3.63) is 35.6 Å². The van der Waals surface area contributed by atoms with Gasteiger partial charge < -0.3 is 20.3 Å². The van der Waals surface area contributed by atoms with Crippen LogP contribution in [0.25, 0.3) is 0 Å². The van der Waals surface area contributed by atoms with Crippen LogP contribution in [0.5, 0.6) is 0 Å². The first-order chi connectivity index (χ1) is 13.5. The molecule has 3 unspecified atom stereocenters. The SMILES string of the molecule is CNC(Cc1ccc(F)cc1)C(=O)N(CC(=O)OC)CC1CCCCC1NC. The van der Waals surface area contributed by atoms with Crippen molar-refractivity contribution < 1.29 is 18.7 Å². The Morgan fingerprint density at radius 1 is 1.21 bits per heavy atom. The number of esters is 1. The molecular weight excluding hydrogens is 361 g/mol. The normalized spacial score (nSPS) is 20.4. The fourth-order valence-corrected chi connectivity index (χ4v) is 3.93. The van der Waals surface area contributed by atoms with E-state index in [1.165, 1.54) is 25.7 Å². The predicted molar refractivity (Wildman–Crippen MR) is 106 cm³/mol. The van der Waals surface area contributed by atoms with Crippen LogP contribution in [-0.2, 0) is 20.7 Å². The van der Waals surface area contributed by atoms with Gasteiger partial charge in [-0.25, -0.2) is 4.39 Å². The maximum Gasteiger partial charge on any atom is 0.325 e. The van der Waals surface area contributed by atoms with Gasteiger partial charge in [0.15, 0.2) is 0 Å². The van der Waals surface area contributed by atoms with Crippen molar-refractivity contribution in [3.8, 4) is 0 Å². The molecule has 0 heterocycles. The molecule has 0 spiro atoms. The van der Waals surface area contributed by atoms with Gasteiger partial charge in [-0.2, -0.15) is 0 Å². The lowest BCUT2D eigenvalue weighted by molar-refractivity contribution is -0.148. The minimum Gasteiger partial charge on any atom is -0.468 e. The first-order valence-corrected chi connectivity index (χ1v) is 9.93. The van der Waals surface area contributed by atoms with Crippen molar-refractivity contribution in [2.24, 2.45) is 5.92 Å². The van der Waals surface area contributed by atoms with Crippen LogP contribution in [0.3, 0.4) is 0 Å². The number of hydrogen-bond donors (Lipinski definition) is 2. The van der Waals surface area contributed by atoms with Crippen LogP contribution in [0.2, 0.25) is 0 Å². The summed E-state index contributed by atoms with van der Waals surface area (Å²) in [4.78, 5) is 26.8. The van der Waals surface area contributed by atoms with Crippen LogP contribution < -0.4 is 10.6 Å². The highest BCUT2D eigenvalue weighted by Gasteiger charge is 2.31. The Hall–Kier alpha value is -1.99. The van der Waals surface area contributed by atoms with E-state index in [1.54, 1.807) is 24.1 Å². The van der Waals surface area contributed by atoms with Crippen LogP contribution in [-0.4, -0.2) is 63.2 Å². The lowest BCUT2D eigenvalue weighted by Crippen LogP contribution is -2.52. The van der Waals surface area contributed by atoms with Crippen molar-refractivity contribution in [3.63, 3.8) is 0 Å². The summed E-state index contributed by atoms with van der Waals surface area (Å²) in [7, 11) is 5.00. The molecule has 0 saturated heterocycles. The Morgan fingerprint density at radius 3 is 2.50 bits per heavy atom. The molecule has 0 bridgehead atoms. The van der Waals surface area contributed by atoms with E-state index in [1.807, 2.05) is 7.05 Å². The Balaban J connectivity index is 2.13. The van der Waals surface area contributed by atoms with Crippen LogP contribution >= 0.6 is 0 Å². The molecule has 7 heteroatoms. The van der Waals surface area contributed by atoms with E-state index in [0.717, 1.165) is 24.8 Å². The molecule has 1 aromatic rings. The molecule has 1 saturated carbocycles. The van der Waals surface area contributed by atoms with E-state index in [0.29, 0.717) is 24.9 Å².